The summed E-state index contributed by atoms with van der Waals surface area (Å²) in [5.41, 5.74) is 3.67. The van der Waals surface area contributed by atoms with Gasteiger partial charge in [0.25, 0.3) is 0 Å². The second-order valence-corrected chi connectivity index (χ2v) is 5.61. The van der Waals surface area contributed by atoms with Gasteiger partial charge >= 0.3 is 0 Å². The average molecular weight is 266 g/mol. The fourth-order valence-corrected chi connectivity index (χ4v) is 3.24. The lowest BCUT2D eigenvalue weighted by Crippen LogP contribution is -2.26. The Balaban J connectivity index is 1.69. The highest BCUT2D eigenvalue weighted by molar-refractivity contribution is 9.09. The molecule has 0 unspecified atom stereocenters. The molecule has 2 aliphatic rings. The highest BCUT2D eigenvalue weighted by Crippen LogP contribution is 2.48. The van der Waals surface area contributed by atoms with Crippen molar-refractivity contribution < 1.29 is 0 Å². The second kappa shape index (κ2) is 3.60. The van der Waals surface area contributed by atoms with Crippen LogP contribution in [0, 0.1) is 5.41 Å². The number of hydrogen-bond acceptors (Lipinski definition) is 1. The Kier molecular flexibility index (Phi) is 2.37. The average Bonchev–Trinajstić information content (AvgIpc) is 2.91. The van der Waals surface area contributed by atoms with Gasteiger partial charge in [-0.05, 0) is 29.4 Å². The molecule has 0 bridgehead atoms. The van der Waals surface area contributed by atoms with Gasteiger partial charge < -0.3 is 0 Å². The first kappa shape index (κ1) is 9.86. The third-order valence-corrected chi connectivity index (χ3v) is 4.90. The minimum absolute atomic E-state index is 0.613. The topological polar surface area (TPSA) is 3.24 Å². The fraction of sp³-hybridized carbons (Fsp3) is 0.538. The highest BCUT2D eigenvalue weighted by Gasteiger charge is 2.43. The molecule has 1 heterocycles. The molecule has 3 rings (SSSR count). The highest BCUT2D eigenvalue weighted by atomic mass is 79.9. The molecule has 1 aromatic carbocycles. The smallest absolute Gasteiger partial charge is 0.0240 e. The van der Waals surface area contributed by atoms with Gasteiger partial charge in [-0.1, -0.05) is 40.2 Å². The summed E-state index contributed by atoms with van der Waals surface area (Å²) in [7, 11) is 0. The molecule has 80 valence electrons. The van der Waals surface area contributed by atoms with Crippen LogP contribution in [0.25, 0.3) is 0 Å². The summed E-state index contributed by atoms with van der Waals surface area (Å²) in [5.74, 6) is 0. The Hall–Kier alpha value is -0.340. The Labute approximate surface area is 99.6 Å². The molecule has 1 fully saturated rings. The third-order valence-electron chi connectivity index (χ3n) is 3.71. The van der Waals surface area contributed by atoms with Crippen molar-refractivity contribution in [3.8, 4) is 0 Å². The van der Waals surface area contributed by atoms with Crippen LogP contribution in [0.3, 0.4) is 0 Å². The van der Waals surface area contributed by atoms with Crippen LogP contribution in [-0.2, 0) is 13.1 Å². The molecule has 0 aromatic heterocycles. The summed E-state index contributed by atoms with van der Waals surface area (Å²) < 4.78 is 0. The van der Waals surface area contributed by atoms with Crippen LogP contribution in [0.4, 0.5) is 0 Å². The van der Waals surface area contributed by atoms with Gasteiger partial charge in [0.05, 0.1) is 0 Å². The van der Waals surface area contributed by atoms with Crippen molar-refractivity contribution >= 4 is 15.9 Å². The summed E-state index contributed by atoms with van der Waals surface area (Å²) in [6.45, 7) is 3.59. The van der Waals surface area contributed by atoms with Gasteiger partial charge in [-0.3, -0.25) is 4.90 Å². The summed E-state index contributed by atoms with van der Waals surface area (Å²) in [4.78, 5) is 2.60. The molecule has 1 aliphatic heterocycles. The van der Waals surface area contributed by atoms with E-state index in [0.717, 1.165) is 13.1 Å². The van der Waals surface area contributed by atoms with E-state index in [-0.39, 0.29) is 0 Å². The van der Waals surface area contributed by atoms with Gasteiger partial charge in [0.15, 0.2) is 0 Å². The first-order valence-electron chi connectivity index (χ1n) is 5.66. The molecule has 2 heteroatoms. The minimum atomic E-state index is 0.613. The summed E-state index contributed by atoms with van der Waals surface area (Å²) in [5, 5.41) is 1.17. The molecule has 1 nitrogen and oxygen atoms in total. The maximum atomic E-state index is 3.65. The van der Waals surface area contributed by atoms with Crippen molar-refractivity contribution in [1.82, 2.24) is 4.90 Å². The standard InChI is InChI=1S/C13H16BrN/c14-9-13(5-6-13)10-15-7-11-3-1-2-4-12(11)8-15/h1-4H,5-10H2. The number of alkyl halides is 1. The van der Waals surface area contributed by atoms with Crippen LogP contribution >= 0.6 is 15.9 Å². The van der Waals surface area contributed by atoms with Gasteiger partial charge in [0.2, 0.25) is 0 Å². The van der Waals surface area contributed by atoms with E-state index in [2.05, 4.69) is 45.1 Å². The second-order valence-electron chi connectivity index (χ2n) is 5.05. The van der Waals surface area contributed by atoms with Crippen molar-refractivity contribution in [2.45, 2.75) is 25.9 Å². The van der Waals surface area contributed by atoms with E-state index in [0.29, 0.717) is 5.41 Å². The predicted octanol–water partition coefficient (Wildman–Crippen LogP) is 3.18. The minimum Gasteiger partial charge on any atom is -0.294 e. The number of rotatable bonds is 3. The molecule has 0 saturated heterocycles. The summed E-state index contributed by atoms with van der Waals surface area (Å²) >= 11 is 3.65. The summed E-state index contributed by atoms with van der Waals surface area (Å²) in [6.07, 6.45) is 2.82. The van der Waals surface area contributed by atoms with Gasteiger partial charge in [-0.15, -0.1) is 0 Å². The number of hydrogen-bond donors (Lipinski definition) is 0. The normalized spacial score (nSPS) is 22.7. The Morgan fingerprint density at radius 3 is 2.20 bits per heavy atom. The van der Waals surface area contributed by atoms with Crippen molar-refractivity contribution in [3.05, 3.63) is 35.4 Å². The lowest BCUT2D eigenvalue weighted by molar-refractivity contribution is 0.236. The zero-order valence-electron chi connectivity index (χ0n) is 8.88. The Morgan fingerprint density at radius 2 is 1.73 bits per heavy atom. The predicted molar refractivity (Wildman–Crippen MR) is 66.0 cm³/mol. The third kappa shape index (κ3) is 1.85. The Bertz CT molecular complexity index is 346. The first-order chi connectivity index (χ1) is 7.31. The molecule has 0 amide bonds. The van der Waals surface area contributed by atoms with Crippen LogP contribution in [0.1, 0.15) is 24.0 Å². The largest absolute Gasteiger partial charge is 0.294 e. The molecule has 1 aliphatic carbocycles. The van der Waals surface area contributed by atoms with E-state index >= 15 is 0 Å². The monoisotopic (exact) mass is 265 g/mol. The molecule has 0 radical (unpaired) electrons. The molecule has 0 spiro atoms. The van der Waals surface area contributed by atoms with Crippen molar-refractivity contribution in [3.63, 3.8) is 0 Å². The molecular formula is C13H16BrN. The molecule has 1 saturated carbocycles. The van der Waals surface area contributed by atoms with Crippen LogP contribution < -0.4 is 0 Å². The quantitative estimate of drug-likeness (QED) is 0.759. The number of fused-ring (bicyclic) bond motifs is 1. The van der Waals surface area contributed by atoms with E-state index < -0.39 is 0 Å². The zero-order valence-corrected chi connectivity index (χ0v) is 10.5. The van der Waals surface area contributed by atoms with Crippen LogP contribution in [0.2, 0.25) is 0 Å². The van der Waals surface area contributed by atoms with Crippen LogP contribution in [-0.4, -0.2) is 16.8 Å². The molecule has 0 N–H and O–H groups in total. The number of nitrogens with zero attached hydrogens (tertiary/aromatic N) is 1. The van der Waals surface area contributed by atoms with Gasteiger partial charge in [-0.2, -0.15) is 0 Å². The van der Waals surface area contributed by atoms with E-state index in [4.69, 9.17) is 0 Å². The molecule has 15 heavy (non-hydrogen) atoms. The van der Waals surface area contributed by atoms with Crippen molar-refractivity contribution in [1.29, 1.82) is 0 Å². The van der Waals surface area contributed by atoms with Crippen LogP contribution in [0.15, 0.2) is 24.3 Å². The van der Waals surface area contributed by atoms with Gasteiger partial charge in [-0.25, -0.2) is 0 Å². The molecular weight excluding hydrogens is 250 g/mol. The maximum absolute atomic E-state index is 3.65. The SMILES string of the molecule is BrCC1(CN2Cc3ccccc3C2)CC1. The van der Waals surface area contributed by atoms with E-state index in [1.807, 2.05) is 0 Å². The maximum Gasteiger partial charge on any atom is 0.0240 e. The lowest BCUT2D eigenvalue weighted by Gasteiger charge is -2.20. The summed E-state index contributed by atoms with van der Waals surface area (Å²) in [6, 6.07) is 8.84. The van der Waals surface area contributed by atoms with Crippen LogP contribution in [0.5, 0.6) is 0 Å². The number of benzene rings is 1. The number of halogens is 1. The van der Waals surface area contributed by atoms with E-state index in [9.17, 15) is 0 Å². The fourth-order valence-electron chi connectivity index (χ4n) is 2.50. The van der Waals surface area contributed by atoms with Crippen molar-refractivity contribution in [2.24, 2.45) is 5.41 Å². The van der Waals surface area contributed by atoms with E-state index in [1.165, 1.54) is 35.8 Å². The Morgan fingerprint density at radius 1 is 1.13 bits per heavy atom. The van der Waals surface area contributed by atoms with Gasteiger partial charge in [0, 0.05) is 25.0 Å². The van der Waals surface area contributed by atoms with E-state index in [1.54, 1.807) is 0 Å². The molecule has 1 aromatic rings. The lowest BCUT2D eigenvalue weighted by atomic mass is 10.1. The first-order valence-corrected chi connectivity index (χ1v) is 6.79. The zero-order chi connectivity index (χ0) is 10.3. The van der Waals surface area contributed by atoms with Crippen molar-refractivity contribution in [2.75, 3.05) is 11.9 Å². The molecule has 0 atom stereocenters. The van der Waals surface area contributed by atoms with Gasteiger partial charge in [0.1, 0.15) is 0 Å².